The third-order valence-electron chi connectivity index (χ3n) is 7.06. The fourth-order valence-electron chi connectivity index (χ4n) is 5.21. The van der Waals surface area contributed by atoms with Crippen molar-refractivity contribution in [1.29, 1.82) is 0 Å². The Labute approximate surface area is 255 Å². The molecule has 0 radical (unpaired) electrons. The van der Waals surface area contributed by atoms with Crippen molar-refractivity contribution < 1.29 is 22.7 Å². The summed E-state index contributed by atoms with van der Waals surface area (Å²) in [6, 6.07) is 20.8. The molecule has 1 aliphatic rings. The summed E-state index contributed by atoms with van der Waals surface area (Å²) in [5, 5.41) is 0.877. The number of ether oxygens (including phenoxy) is 2. The van der Waals surface area contributed by atoms with E-state index in [9.17, 15) is 13.2 Å². The Bertz CT molecular complexity index is 1710. The number of likely N-dealkylation sites (tertiary alicyclic amines) is 1. The van der Waals surface area contributed by atoms with Gasteiger partial charge in [0, 0.05) is 35.6 Å². The fraction of sp³-hybridized carbons (Fsp3) is 0.258. The molecular weight excluding hydrogens is 597 g/mol. The minimum Gasteiger partial charge on any atom is -0.487 e. The summed E-state index contributed by atoms with van der Waals surface area (Å²) >= 11 is 12.6. The van der Waals surface area contributed by atoms with E-state index in [1.807, 2.05) is 37.4 Å². The van der Waals surface area contributed by atoms with Crippen molar-refractivity contribution in [2.45, 2.75) is 31.3 Å². The number of halogens is 2. The van der Waals surface area contributed by atoms with Crippen LogP contribution in [0, 0.1) is 6.92 Å². The molecule has 0 amide bonds. The van der Waals surface area contributed by atoms with E-state index in [-0.39, 0.29) is 28.9 Å². The maximum Gasteiger partial charge on any atom is 0.341 e. The smallest absolute Gasteiger partial charge is 0.341 e. The number of hydrogen-bond donors (Lipinski definition) is 1. The number of aromatic nitrogens is 1. The van der Waals surface area contributed by atoms with Gasteiger partial charge in [0.1, 0.15) is 22.3 Å². The number of sulfonamides is 1. The molecule has 0 saturated carbocycles. The van der Waals surface area contributed by atoms with Crippen LogP contribution < -0.4 is 9.46 Å². The van der Waals surface area contributed by atoms with Crippen molar-refractivity contribution in [3.63, 3.8) is 0 Å². The first kappa shape index (κ1) is 30.0. The molecular formula is C31H31Cl2N3O5S. The maximum absolute atomic E-state index is 14.2. The van der Waals surface area contributed by atoms with Gasteiger partial charge in [-0.15, -0.1) is 0 Å². The number of nitrogens with zero attached hydrogens (tertiary/aromatic N) is 2. The Morgan fingerprint density at radius 3 is 2.40 bits per heavy atom. The van der Waals surface area contributed by atoms with Gasteiger partial charge in [-0.1, -0.05) is 53.5 Å². The summed E-state index contributed by atoms with van der Waals surface area (Å²) in [4.78, 5) is 15.5. The van der Waals surface area contributed by atoms with E-state index in [2.05, 4.69) is 9.62 Å². The predicted molar refractivity (Wildman–Crippen MR) is 166 cm³/mol. The Kier molecular flexibility index (Phi) is 8.84. The van der Waals surface area contributed by atoms with E-state index < -0.39 is 16.0 Å². The van der Waals surface area contributed by atoms with E-state index >= 15 is 0 Å². The Hall–Kier alpha value is -3.50. The first-order chi connectivity index (χ1) is 20.1. The predicted octanol–water partition coefficient (Wildman–Crippen LogP) is 6.82. The first-order valence-electron chi connectivity index (χ1n) is 13.5. The molecule has 2 heterocycles. The zero-order valence-electron chi connectivity index (χ0n) is 23.4. The third kappa shape index (κ3) is 6.15. The Morgan fingerprint density at radius 2 is 1.76 bits per heavy atom. The molecule has 1 atom stereocenters. The summed E-state index contributed by atoms with van der Waals surface area (Å²) < 4.78 is 44.3. The van der Waals surface area contributed by atoms with Crippen LogP contribution in [0.3, 0.4) is 0 Å². The van der Waals surface area contributed by atoms with Crippen molar-refractivity contribution in [3.05, 3.63) is 94.1 Å². The van der Waals surface area contributed by atoms with Crippen LogP contribution >= 0.6 is 23.2 Å². The van der Waals surface area contributed by atoms with Crippen LogP contribution in [0.2, 0.25) is 10.0 Å². The van der Waals surface area contributed by atoms with Gasteiger partial charge in [0.15, 0.2) is 0 Å². The van der Waals surface area contributed by atoms with Crippen molar-refractivity contribution >= 4 is 44.9 Å². The van der Waals surface area contributed by atoms with E-state index in [0.717, 1.165) is 19.5 Å². The zero-order chi connectivity index (χ0) is 30.0. The van der Waals surface area contributed by atoms with Crippen molar-refractivity contribution in [2.24, 2.45) is 0 Å². The number of carbonyl (C=O) groups excluding carboxylic acids is 1. The minimum absolute atomic E-state index is 0.0566. The number of hydrogen-bond acceptors (Lipinski definition) is 6. The van der Waals surface area contributed by atoms with Crippen LogP contribution in [0.15, 0.2) is 77.7 Å². The molecule has 3 aromatic carbocycles. The fourth-order valence-corrected chi connectivity index (χ4v) is 6.96. The average Bonchev–Trinajstić information content (AvgIpc) is 3.51. The molecule has 5 rings (SSSR count). The maximum atomic E-state index is 14.2. The number of benzene rings is 3. The van der Waals surface area contributed by atoms with Gasteiger partial charge < -0.3 is 18.9 Å². The van der Waals surface area contributed by atoms with Crippen LogP contribution in [0.1, 0.15) is 29.4 Å². The van der Waals surface area contributed by atoms with Crippen molar-refractivity contribution in [3.8, 4) is 22.7 Å². The quantitative estimate of drug-likeness (QED) is 0.205. The number of carbonyl (C=O) groups is 1. The van der Waals surface area contributed by atoms with Gasteiger partial charge in [0.25, 0.3) is 10.0 Å². The lowest BCUT2D eigenvalue weighted by molar-refractivity contribution is 0.0523. The molecule has 0 aliphatic carbocycles. The number of esters is 1. The molecule has 11 heteroatoms. The first-order valence-corrected chi connectivity index (χ1v) is 15.7. The molecule has 220 valence electrons. The molecule has 1 saturated heterocycles. The van der Waals surface area contributed by atoms with Gasteiger partial charge in [0.05, 0.1) is 23.0 Å². The number of rotatable bonds is 9. The molecule has 1 N–H and O–H groups in total. The summed E-state index contributed by atoms with van der Waals surface area (Å²) in [7, 11) is -2.32. The lowest BCUT2D eigenvalue weighted by Crippen LogP contribution is -2.21. The lowest BCUT2D eigenvalue weighted by Gasteiger charge is -2.16. The van der Waals surface area contributed by atoms with E-state index in [0.29, 0.717) is 38.4 Å². The molecule has 42 heavy (non-hydrogen) atoms. The number of likely N-dealkylation sites (N-methyl/N-ethyl adjacent to an activating group) is 1. The highest BCUT2D eigenvalue weighted by atomic mass is 35.5. The summed E-state index contributed by atoms with van der Waals surface area (Å²) in [5.41, 5.74) is 2.15. The molecule has 8 nitrogen and oxygen atoms in total. The van der Waals surface area contributed by atoms with Crippen LogP contribution in [0.5, 0.6) is 5.75 Å². The van der Waals surface area contributed by atoms with Gasteiger partial charge >= 0.3 is 5.97 Å². The molecule has 0 bridgehead atoms. The average molecular weight is 629 g/mol. The number of nitrogens with one attached hydrogen (secondary N) is 1. The van der Waals surface area contributed by atoms with Crippen LogP contribution in [-0.2, 0) is 14.8 Å². The molecule has 4 aromatic rings. The van der Waals surface area contributed by atoms with Gasteiger partial charge in [0.2, 0.25) is 0 Å². The second-order valence-corrected chi connectivity index (χ2v) is 12.5. The topological polar surface area (TPSA) is 89.9 Å². The lowest BCUT2D eigenvalue weighted by atomic mass is 10.1. The minimum atomic E-state index is -4.33. The van der Waals surface area contributed by atoms with Crippen molar-refractivity contribution in [2.75, 3.05) is 31.5 Å². The molecule has 0 spiro atoms. The van der Waals surface area contributed by atoms with Gasteiger partial charge in [-0.3, -0.25) is 4.72 Å². The largest absolute Gasteiger partial charge is 0.487 e. The standard InChI is InChI=1S/C31H31Cl2N3O5S/c1-4-40-31(37)28-29(21-10-12-22(32)13-11-21)36(24-8-6-5-7-9-24)20(2)30(28)42(38,39)34-23-14-15-26(33)27(18-23)41-25-16-17-35(3)19-25/h5-15,18,25,34H,4,16-17,19H2,1-3H3. The Balaban J connectivity index is 1.65. The molecule has 1 aliphatic heterocycles. The van der Waals surface area contributed by atoms with Crippen LogP contribution in [0.4, 0.5) is 5.69 Å². The number of anilines is 1. The molecule has 1 fully saturated rings. The highest BCUT2D eigenvalue weighted by Crippen LogP contribution is 2.39. The van der Waals surface area contributed by atoms with E-state index in [4.69, 9.17) is 32.7 Å². The van der Waals surface area contributed by atoms with Gasteiger partial charge in [-0.05, 0) is 69.3 Å². The second-order valence-electron chi connectivity index (χ2n) is 10.1. The van der Waals surface area contributed by atoms with Gasteiger partial charge in [-0.25, -0.2) is 13.2 Å². The molecule has 1 unspecified atom stereocenters. The third-order valence-corrected chi connectivity index (χ3v) is 9.16. The number of para-hydroxylation sites is 1. The van der Waals surface area contributed by atoms with Crippen LogP contribution in [-0.4, -0.2) is 56.7 Å². The summed E-state index contributed by atoms with van der Waals surface area (Å²) in [6.45, 7) is 5.05. The summed E-state index contributed by atoms with van der Waals surface area (Å²) in [5.74, 6) is -0.380. The van der Waals surface area contributed by atoms with E-state index in [1.165, 1.54) is 0 Å². The zero-order valence-corrected chi connectivity index (χ0v) is 25.8. The highest BCUT2D eigenvalue weighted by molar-refractivity contribution is 7.92. The SMILES string of the molecule is CCOC(=O)c1c(S(=O)(=O)Nc2ccc(Cl)c(OC3CCN(C)C3)c2)c(C)n(-c2ccccc2)c1-c1ccc(Cl)cc1. The van der Waals surface area contributed by atoms with Gasteiger partial charge in [-0.2, -0.15) is 0 Å². The second kappa shape index (κ2) is 12.4. The highest BCUT2D eigenvalue weighted by Gasteiger charge is 2.35. The normalized spacial score (nSPS) is 15.5. The molecule has 1 aromatic heterocycles. The van der Waals surface area contributed by atoms with Crippen molar-refractivity contribution in [1.82, 2.24) is 9.47 Å². The van der Waals surface area contributed by atoms with E-state index in [1.54, 1.807) is 60.9 Å². The van der Waals surface area contributed by atoms with Crippen LogP contribution in [0.25, 0.3) is 16.9 Å². The summed E-state index contributed by atoms with van der Waals surface area (Å²) in [6.07, 6.45) is 0.782. The monoisotopic (exact) mass is 627 g/mol. The Morgan fingerprint density at radius 1 is 1.05 bits per heavy atom.